The Morgan fingerprint density at radius 2 is 1.79 bits per heavy atom. The van der Waals surface area contributed by atoms with Gasteiger partial charge in [0.15, 0.2) is 5.82 Å². The lowest BCUT2D eigenvalue weighted by molar-refractivity contribution is 0.425. The van der Waals surface area contributed by atoms with E-state index >= 15 is 0 Å². The van der Waals surface area contributed by atoms with E-state index in [9.17, 15) is 0 Å². The second-order valence-corrected chi connectivity index (χ2v) is 8.93. The molecular formula is C21H32N6S2. The predicted octanol–water partition coefficient (Wildman–Crippen LogP) is 3.44. The number of nitrogens with one attached hydrogen (secondary N) is 1. The van der Waals surface area contributed by atoms with E-state index in [0.29, 0.717) is 0 Å². The number of hydrogen-bond donors (Lipinski definition) is 2. The van der Waals surface area contributed by atoms with Gasteiger partial charge in [-0.2, -0.15) is 11.8 Å². The van der Waals surface area contributed by atoms with Crippen LogP contribution in [0.5, 0.6) is 0 Å². The van der Waals surface area contributed by atoms with Crippen molar-refractivity contribution in [2.75, 3.05) is 57.8 Å². The Morgan fingerprint density at radius 3 is 2.28 bits per heavy atom. The van der Waals surface area contributed by atoms with Crippen LogP contribution in [-0.4, -0.2) is 67.9 Å². The number of aromatic nitrogens is 2. The topological polar surface area (TPSA) is 70.3 Å². The smallest absolute Gasteiger partial charge is 0.161 e. The van der Waals surface area contributed by atoms with Gasteiger partial charge in [0.1, 0.15) is 5.82 Å². The largest absolute Gasteiger partial charge is 0.396 e. The van der Waals surface area contributed by atoms with E-state index in [1.54, 1.807) is 0 Å². The first-order valence-electron chi connectivity index (χ1n) is 9.61. The zero-order chi connectivity index (χ0) is 21.4. The van der Waals surface area contributed by atoms with Crippen molar-refractivity contribution in [2.45, 2.75) is 17.6 Å². The average molecular weight is 433 g/mol. The van der Waals surface area contributed by atoms with Crippen LogP contribution in [0.1, 0.15) is 18.5 Å². The molecule has 0 saturated heterocycles. The summed E-state index contributed by atoms with van der Waals surface area (Å²) < 4.78 is 0.191. The van der Waals surface area contributed by atoms with Crippen LogP contribution in [0.15, 0.2) is 30.3 Å². The van der Waals surface area contributed by atoms with E-state index in [2.05, 4.69) is 83.8 Å². The normalized spacial score (nSPS) is 14.0. The number of benzene rings is 1. The van der Waals surface area contributed by atoms with Crippen LogP contribution in [0.3, 0.4) is 0 Å². The van der Waals surface area contributed by atoms with Gasteiger partial charge in [0.05, 0.1) is 15.9 Å². The minimum atomic E-state index is 0.191. The third-order valence-electron chi connectivity index (χ3n) is 4.76. The summed E-state index contributed by atoms with van der Waals surface area (Å²) in [7, 11) is 8.23. The van der Waals surface area contributed by atoms with Gasteiger partial charge in [-0.25, -0.2) is 9.97 Å². The molecule has 0 bridgehead atoms. The number of thiocarbonyl (C=S) groups is 1. The van der Waals surface area contributed by atoms with E-state index in [1.807, 2.05) is 25.9 Å². The SMILES string of the molecule is CSC1(c2cc(N(C)C)nc(-c3ccc(NCCN(C)C)cc3)n2)CC1.NC=S. The van der Waals surface area contributed by atoms with E-state index in [-0.39, 0.29) is 4.75 Å². The maximum atomic E-state index is 4.92. The van der Waals surface area contributed by atoms with E-state index in [1.165, 1.54) is 12.8 Å². The number of hydrogen-bond acceptors (Lipinski definition) is 7. The van der Waals surface area contributed by atoms with E-state index in [0.717, 1.165) is 47.2 Å². The molecule has 0 aliphatic heterocycles. The minimum Gasteiger partial charge on any atom is -0.396 e. The molecule has 1 fully saturated rings. The Hall–Kier alpha value is -1.90. The van der Waals surface area contributed by atoms with E-state index in [4.69, 9.17) is 9.97 Å². The van der Waals surface area contributed by atoms with Crippen molar-refractivity contribution in [3.63, 3.8) is 0 Å². The zero-order valence-electron chi connectivity index (χ0n) is 18.0. The lowest BCUT2D eigenvalue weighted by Crippen LogP contribution is -2.20. The highest BCUT2D eigenvalue weighted by molar-refractivity contribution is 7.99. The fourth-order valence-electron chi connectivity index (χ4n) is 2.87. The molecule has 0 atom stereocenters. The maximum Gasteiger partial charge on any atom is 0.161 e. The van der Waals surface area contributed by atoms with Crippen LogP contribution < -0.4 is 16.0 Å². The Kier molecular flexibility index (Phi) is 8.67. The van der Waals surface area contributed by atoms with Gasteiger partial charge in [0, 0.05) is 44.5 Å². The molecule has 1 saturated carbocycles. The van der Waals surface area contributed by atoms with Crippen molar-refractivity contribution in [3.8, 4) is 11.4 Å². The van der Waals surface area contributed by atoms with Gasteiger partial charge in [-0.15, -0.1) is 0 Å². The first kappa shape index (κ1) is 23.4. The second kappa shape index (κ2) is 10.8. The highest BCUT2D eigenvalue weighted by Crippen LogP contribution is 2.55. The van der Waals surface area contributed by atoms with Crippen LogP contribution in [0.2, 0.25) is 0 Å². The standard InChI is InChI=1S/C20H29N5S.CH3NS/c1-24(2)13-12-21-16-8-6-15(7-9-16)19-22-17(20(26-5)10-11-20)14-18(23-19)25(3)4;2-1-3/h6-9,14,21H,10-13H2,1-5H3;1H,(H2,2,3). The quantitative estimate of drug-likeness (QED) is 0.615. The van der Waals surface area contributed by atoms with Crippen molar-refractivity contribution in [1.29, 1.82) is 0 Å². The van der Waals surface area contributed by atoms with Gasteiger partial charge in [-0.3, -0.25) is 0 Å². The Morgan fingerprint density at radius 1 is 1.17 bits per heavy atom. The molecular weight excluding hydrogens is 400 g/mol. The molecule has 8 heteroatoms. The third-order valence-corrected chi connectivity index (χ3v) is 6.16. The molecule has 3 N–H and O–H groups in total. The maximum absolute atomic E-state index is 4.92. The summed E-state index contributed by atoms with van der Waals surface area (Å²) in [4.78, 5) is 13.9. The Labute approximate surface area is 184 Å². The third kappa shape index (κ3) is 6.55. The molecule has 1 aromatic carbocycles. The molecule has 3 rings (SSSR count). The summed E-state index contributed by atoms with van der Waals surface area (Å²) in [5.74, 6) is 1.78. The molecule has 0 amide bonds. The molecule has 0 unspecified atom stereocenters. The van der Waals surface area contributed by atoms with Crippen molar-refractivity contribution in [2.24, 2.45) is 5.73 Å². The molecule has 158 valence electrons. The van der Waals surface area contributed by atoms with Gasteiger partial charge >= 0.3 is 0 Å². The van der Waals surface area contributed by atoms with Gasteiger partial charge in [-0.1, -0.05) is 12.2 Å². The van der Waals surface area contributed by atoms with Crippen LogP contribution >= 0.6 is 24.0 Å². The molecule has 29 heavy (non-hydrogen) atoms. The van der Waals surface area contributed by atoms with Crippen molar-refractivity contribution in [3.05, 3.63) is 36.0 Å². The van der Waals surface area contributed by atoms with Gasteiger partial charge in [0.2, 0.25) is 0 Å². The summed E-state index contributed by atoms with van der Waals surface area (Å²) in [6, 6.07) is 10.6. The number of rotatable bonds is 8. The lowest BCUT2D eigenvalue weighted by atomic mass is 10.1. The molecule has 2 aromatic rings. The number of likely N-dealkylation sites (N-methyl/N-ethyl adjacent to an activating group) is 1. The molecule has 6 nitrogen and oxygen atoms in total. The van der Waals surface area contributed by atoms with Crippen LogP contribution in [-0.2, 0) is 4.75 Å². The van der Waals surface area contributed by atoms with Crippen molar-refractivity contribution < 1.29 is 0 Å². The molecule has 1 aromatic heterocycles. The summed E-state index contributed by atoms with van der Waals surface area (Å²) >= 11 is 5.95. The molecule has 0 radical (unpaired) electrons. The summed E-state index contributed by atoms with van der Waals surface area (Å²) in [5, 5.41) is 3.44. The highest BCUT2D eigenvalue weighted by atomic mass is 32.2. The van der Waals surface area contributed by atoms with Crippen LogP contribution in [0, 0.1) is 0 Å². The first-order chi connectivity index (χ1) is 13.8. The summed E-state index contributed by atoms with van der Waals surface area (Å²) in [5.41, 5.74) is 8.97. The summed E-state index contributed by atoms with van der Waals surface area (Å²) in [6.07, 6.45) is 4.58. The fraction of sp³-hybridized carbons (Fsp3) is 0.476. The predicted molar refractivity (Wildman–Crippen MR) is 131 cm³/mol. The fourth-order valence-corrected chi connectivity index (χ4v) is 3.69. The molecule has 1 aliphatic carbocycles. The van der Waals surface area contributed by atoms with Crippen molar-refractivity contribution >= 4 is 41.0 Å². The van der Waals surface area contributed by atoms with E-state index < -0.39 is 0 Å². The average Bonchev–Trinajstić information content (AvgIpc) is 3.50. The van der Waals surface area contributed by atoms with Crippen LogP contribution in [0.25, 0.3) is 11.4 Å². The van der Waals surface area contributed by atoms with Gasteiger partial charge < -0.3 is 20.9 Å². The zero-order valence-corrected chi connectivity index (χ0v) is 19.6. The second-order valence-electron chi connectivity index (χ2n) is 7.47. The first-order valence-corrected chi connectivity index (χ1v) is 11.3. The number of nitrogens with zero attached hydrogens (tertiary/aromatic N) is 4. The van der Waals surface area contributed by atoms with Crippen molar-refractivity contribution in [1.82, 2.24) is 14.9 Å². The highest BCUT2D eigenvalue weighted by Gasteiger charge is 2.45. The van der Waals surface area contributed by atoms with Crippen LogP contribution in [0.4, 0.5) is 11.5 Å². The number of thioether (sulfide) groups is 1. The molecule has 1 heterocycles. The number of nitrogens with two attached hydrogens (primary N) is 1. The lowest BCUT2D eigenvalue weighted by Gasteiger charge is -2.18. The summed E-state index contributed by atoms with van der Waals surface area (Å²) in [6.45, 7) is 1.94. The molecule has 1 aliphatic rings. The Balaban J connectivity index is 0.000000941. The molecule has 0 spiro atoms. The number of anilines is 2. The minimum absolute atomic E-state index is 0.191. The van der Waals surface area contributed by atoms with Gasteiger partial charge in [-0.05, 0) is 57.5 Å². The van der Waals surface area contributed by atoms with Gasteiger partial charge in [0.25, 0.3) is 0 Å². The Bertz CT molecular complexity index is 788. The monoisotopic (exact) mass is 432 g/mol.